The molecule has 0 saturated carbocycles. The fourth-order valence-corrected chi connectivity index (χ4v) is 2.66. The van der Waals surface area contributed by atoms with Crippen LogP contribution in [0.1, 0.15) is 43.5 Å². The second-order valence-electron chi connectivity index (χ2n) is 5.82. The van der Waals surface area contributed by atoms with Gasteiger partial charge in [0.15, 0.2) is 0 Å². The lowest BCUT2D eigenvalue weighted by Gasteiger charge is -2.12. The maximum absolute atomic E-state index is 12.6. The van der Waals surface area contributed by atoms with Crippen molar-refractivity contribution in [2.45, 2.75) is 33.1 Å². The summed E-state index contributed by atoms with van der Waals surface area (Å²) in [5.74, 6) is 0.285. The van der Waals surface area contributed by atoms with Gasteiger partial charge in [-0.15, -0.1) is 0 Å². The first kappa shape index (κ1) is 20.0. The van der Waals surface area contributed by atoms with Crippen LogP contribution in [-0.2, 0) is 4.79 Å². The van der Waals surface area contributed by atoms with Crippen molar-refractivity contribution >= 4 is 39.1 Å². The van der Waals surface area contributed by atoms with Gasteiger partial charge in [-0.1, -0.05) is 29.8 Å². The van der Waals surface area contributed by atoms with Gasteiger partial charge >= 0.3 is 0 Å². The van der Waals surface area contributed by atoms with Crippen LogP contribution in [0.3, 0.4) is 0 Å². The summed E-state index contributed by atoms with van der Waals surface area (Å²) in [6.07, 6.45) is 2.15. The van der Waals surface area contributed by atoms with E-state index in [4.69, 9.17) is 4.74 Å². The van der Waals surface area contributed by atoms with E-state index in [0.29, 0.717) is 35.7 Å². The number of ether oxygens (including phenoxy) is 1. The summed E-state index contributed by atoms with van der Waals surface area (Å²) in [4.78, 5) is 24.2. The molecule has 0 aliphatic rings. The van der Waals surface area contributed by atoms with Crippen LogP contribution in [0.25, 0.3) is 0 Å². The molecular weight excluding hydrogens is 396 g/mol. The maximum Gasteiger partial charge on any atom is 0.259 e. The Balaban J connectivity index is 2.07. The first-order valence-electron chi connectivity index (χ1n) is 8.67. The van der Waals surface area contributed by atoms with Gasteiger partial charge in [0.25, 0.3) is 5.91 Å². The van der Waals surface area contributed by atoms with E-state index in [1.165, 1.54) is 0 Å². The van der Waals surface area contributed by atoms with Gasteiger partial charge in [-0.3, -0.25) is 9.59 Å². The van der Waals surface area contributed by atoms with Crippen LogP contribution in [0.2, 0.25) is 0 Å². The third-order valence-corrected chi connectivity index (χ3v) is 4.04. The molecule has 0 atom stereocenters. The fourth-order valence-electron chi connectivity index (χ4n) is 2.30. The van der Waals surface area contributed by atoms with E-state index in [1.54, 1.807) is 36.4 Å². The Morgan fingerprint density at radius 3 is 2.23 bits per heavy atom. The number of hydrogen-bond donors (Lipinski definition) is 2. The molecule has 6 heteroatoms. The highest BCUT2D eigenvalue weighted by molar-refractivity contribution is 9.10. The zero-order valence-electron chi connectivity index (χ0n) is 15.0. The van der Waals surface area contributed by atoms with Crippen LogP contribution in [0.15, 0.2) is 46.9 Å². The highest BCUT2D eigenvalue weighted by Crippen LogP contribution is 2.25. The summed E-state index contributed by atoms with van der Waals surface area (Å²) < 4.78 is 6.46. The Labute approximate surface area is 162 Å². The molecule has 5 nitrogen and oxygen atoms in total. The lowest BCUT2D eigenvalue weighted by Crippen LogP contribution is -2.14. The average molecular weight is 419 g/mol. The normalized spacial score (nSPS) is 10.3. The van der Waals surface area contributed by atoms with Crippen LogP contribution in [-0.4, -0.2) is 18.4 Å². The van der Waals surface area contributed by atoms with Gasteiger partial charge in [-0.25, -0.2) is 0 Å². The van der Waals surface area contributed by atoms with E-state index in [0.717, 1.165) is 17.3 Å². The summed E-state index contributed by atoms with van der Waals surface area (Å²) in [5.41, 5.74) is 1.81. The quantitative estimate of drug-likeness (QED) is 0.616. The molecule has 2 aromatic rings. The number of amides is 2. The van der Waals surface area contributed by atoms with Gasteiger partial charge in [0, 0.05) is 22.3 Å². The first-order valence-corrected chi connectivity index (χ1v) is 9.46. The monoisotopic (exact) mass is 418 g/mol. The highest BCUT2D eigenvalue weighted by Gasteiger charge is 2.14. The predicted octanol–water partition coefficient (Wildman–Crippen LogP) is 5.23. The van der Waals surface area contributed by atoms with Crippen molar-refractivity contribution in [1.29, 1.82) is 0 Å². The smallest absolute Gasteiger partial charge is 0.259 e. The number of anilines is 2. The molecule has 0 heterocycles. The van der Waals surface area contributed by atoms with Crippen molar-refractivity contribution in [2.24, 2.45) is 0 Å². The maximum atomic E-state index is 12.6. The molecule has 0 saturated heterocycles. The largest absolute Gasteiger partial charge is 0.493 e. The van der Waals surface area contributed by atoms with Gasteiger partial charge in [0.1, 0.15) is 5.75 Å². The number of nitrogens with one attached hydrogen (secondary N) is 2. The number of carbonyl (C=O) groups excluding carboxylic acids is 2. The zero-order valence-corrected chi connectivity index (χ0v) is 16.6. The summed E-state index contributed by atoms with van der Waals surface area (Å²) in [6, 6.07) is 12.4. The number of halogens is 1. The Hall–Kier alpha value is -2.34. The minimum atomic E-state index is -0.250. The second kappa shape index (κ2) is 9.97. The number of hydrogen-bond acceptors (Lipinski definition) is 3. The van der Waals surface area contributed by atoms with Gasteiger partial charge < -0.3 is 15.4 Å². The molecule has 0 aliphatic carbocycles. The van der Waals surface area contributed by atoms with Gasteiger partial charge in [-0.2, -0.15) is 0 Å². The number of carbonyl (C=O) groups is 2. The molecule has 2 rings (SSSR count). The van der Waals surface area contributed by atoms with Crippen molar-refractivity contribution in [1.82, 2.24) is 0 Å². The van der Waals surface area contributed by atoms with E-state index in [9.17, 15) is 9.59 Å². The predicted molar refractivity (Wildman–Crippen MR) is 108 cm³/mol. The second-order valence-corrected chi connectivity index (χ2v) is 6.73. The van der Waals surface area contributed by atoms with Crippen molar-refractivity contribution in [3.8, 4) is 5.75 Å². The minimum Gasteiger partial charge on any atom is -0.493 e. The summed E-state index contributed by atoms with van der Waals surface area (Å²) in [6.45, 7) is 4.52. The molecular formula is C20H23BrN2O3. The Morgan fingerprint density at radius 1 is 0.962 bits per heavy atom. The fraction of sp³-hybridized carbons (Fsp3) is 0.300. The zero-order chi connectivity index (χ0) is 18.9. The van der Waals surface area contributed by atoms with Crippen molar-refractivity contribution in [2.75, 3.05) is 17.2 Å². The standard InChI is InChI=1S/C20H23BrN2O3/c1-3-5-19(24)22-15-7-9-16(10-8-15)23-20(25)17-13-14(21)6-11-18(17)26-12-4-2/h6-11,13H,3-5,12H2,1-2H3,(H,22,24)(H,23,25). The molecule has 0 aromatic heterocycles. The number of rotatable bonds is 8. The van der Waals surface area contributed by atoms with Gasteiger partial charge in [0.05, 0.1) is 12.2 Å². The first-order chi connectivity index (χ1) is 12.5. The summed E-state index contributed by atoms with van der Waals surface area (Å²) in [5, 5.41) is 5.67. The van der Waals surface area contributed by atoms with Crippen LogP contribution in [0.4, 0.5) is 11.4 Å². The van der Waals surface area contributed by atoms with Gasteiger partial charge in [0.2, 0.25) is 5.91 Å². The van der Waals surface area contributed by atoms with Crippen LogP contribution in [0.5, 0.6) is 5.75 Å². The topological polar surface area (TPSA) is 67.4 Å². The van der Waals surface area contributed by atoms with Crippen molar-refractivity contribution in [3.63, 3.8) is 0 Å². The Bertz CT molecular complexity index is 760. The van der Waals surface area contributed by atoms with E-state index in [-0.39, 0.29) is 11.8 Å². The third-order valence-electron chi connectivity index (χ3n) is 3.55. The molecule has 0 unspecified atom stereocenters. The Morgan fingerprint density at radius 2 is 1.62 bits per heavy atom. The third kappa shape index (κ3) is 5.88. The van der Waals surface area contributed by atoms with Crippen LogP contribution in [0, 0.1) is 0 Å². The molecule has 0 aliphatic heterocycles. The Kier molecular flexibility index (Phi) is 7.66. The van der Waals surface area contributed by atoms with Gasteiger partial charge in [-0.05, 0) is 55.3 Å². The molecule has 26 heavy (non-hydrogen) atoms. The van der Waals surface area contributed by atoms with Crippen LogP contribution >= 0.6 is 15.9 Å². The summed E-state index contributed by atoms with van der Waals surface area (Å²) in [7, 11) is 0. The molecule has 0 radical (unpaired) electrons. The molecule has 2 aromatic carbocycles. The van der Waals surface area contributed by atoms with E-state index in [1.807, 2.05) is 19.9 Å². The van der Waals surface area contributed by atoms with Crippen molar-refractivity contribution < 1.29 is 14.3 Å². The van der Waals surface area contributed by atoms with Crippen LogP contribution < -0.4 is 15.4 Å². The highest BCUT2D eigenvalue weighted by atomic mass is 79.9. The lowest BCUT2D eigenvalue weighted by molar-refractivity contribution is -0.116. The molecule has 0 fully saturated rings. The molecule has 2 N–H and O–H groups in total. The minimum absolute atomic E-state index is 0.0175. The average Bonchev–Trinajstić information content (AvgIpc) is 2.62. The SMILES string of the molecule is CCCOc1ccc(Br)cc1C(=O)Nc1ccc(NC(=O)CCC)cc1. The molecule has 0 bridgehead atoms. The van der Waals surface area contributed by atoms with Crippen molar-refractivity contribution in [3.05, 3.63) is 52.5 Å². The lowest BCUT2D eigenvalue weighted by atomic mass is 10.1. The summed E-state index contributed by atoms with van der Waals surface area (Å²) >= 11 is 3.39. The molecule has 2 amide bonds. The van der Waals surface area contributed by atoms with E-state index in [2.05, 4.69) is 26.6 Å². The number of benzene rings is 2. The molecule has 0 spiro atoms. The van der Waals surface area contributed by atoms with E-state index < -0.39 is 0 Å². The van der Waals surface area contributed by atoms with E-state index >= 15 is 0 Å². The molecule has 138 valence electrons.